The molecule has 0 N–H and O–H groups in total. The zero-order chi connectivity index (χ0) is 27.6. The van der Waals surface area contributed by atoms with Crippen LogP contribution in [0.4, 0.5) is 0 Å². The van der Waals surface area contributed by atoms with Gasteiger partial charge in [0.2, 0.25) is 0 Å². The predicted molar refractivity (Wildman–Crippen MR) is 172 cm³/mol. The molecule has 0 fully saturated rings. The Kier molecular flexibility index (Phi) is 9.53. The molecule has 40 heavy (non-hydrogen) atoms. The SMILES string of the molecule is CC(C)c1ccnc(-c2[c-]cc([Si](C)(C)C)c3c2sc2ccccc23)c1.Cc1ccc(-c2[c-]cccc2)nc1.[Ir]. The predicted octanol–water partition coefficient (Wildman–Crippen LogP) is 9.44. The molecule has 0 aliphatic carbocycles. The zero-order valence-corrected chi connectivity index (χ0v) is 28.1. The van der Waals surface area contributed by atoms with E-state index in [1.807, 2.05) is 61.0 Å². The monoisotopic (exact) mass is 735 g/mol. The number of aryl methyl sites for hydroxylation is 1. The van der Waals surface area contributed by atoms with Crippen molar-refractivity contribution in [2.75, 3.05) is 0 Å². The van der Waals surface area contributed by atoms with E-state index in [4.69, 9.17) is 4.98 Å². The summed E-state index contributed by atoms with van der Waals surface area (Å²) < 4.78 is 2.68. The van der Waals surface area contributed by atoms with Gasteiger partial charge in [-0.2, -0.15) is 11.3 Å². The van der Waals surface area contributed by atoms with Gasteiger partial charge >= 0.3 is 0 Å². The minimum absolute atomic E-state index is 0. The summed E-state index contributed by atoms with van der Waals surface area (Å²) in [6.07, 6.45) is 3.81. The summed E-state index contributed by atoms with van der Waals surface area (Å²) >= 11 is 1.88. The minimum Gasteiger partial charge on any atom is -0.305 e. The van der Waals surface area contributed by atoms with Crippen LogP contribution in [0.15, 0.2) is 91.3 Å². The average Bonchev–Trinajstić information content (AvgIpc) is 3.33. The summed E-state index contributed by atoms with van der Waals surface area (Å²) in [4.78, 5) is 9.01. The Balaban J connectivity index is 0.000000223. The van der Waals surface area contributed by atoms with Crippen molar-refractivity contribution in [3.05, 3.63) is 115 Å². The van der Waals surface area contributed by atoms with Crippen LogP contribution < -0.4 is 5.19 Å². The maximum absolute atomic E-state index is 4.69. The zero-order valence-electron chi connectivity index (χ0n) is 23.9. The van der Waals surface area contributed by atoms with Crippen molar-refractivity contribution < 1.29 is 20.1 Å². The van der Waals surface area contributed by atoms with E-state index < -0.39 is 8.07 Å². The molecule has 0 spiro atoms. The maximum Gasteiger partial charge on any atom is 0.0300 e. The summed E-state index contributed by atoms with van der Waals surface area (Å²) in [6, 6.07) is 34.1. The van der Waals surface area contributed by atoms with Crippen molar-refractivity contribution in [2.24, 2.45) is 0 Å². The molecule has 0 amide bonds. The van der Waals surface area contributed by atoms with E-state index in [0.717, 1.165) is 22.5 Å². The molecule has 0 saturated carbocycles. The fraction of sp³-hybridized carbons (Fsp3) is 0.200. The van der Waals surface area contributed by atoms with Crippen molar-refractivity contribution in [1.82, 2.24) is 9.97 Å². The van der Waals surface area contributed by atoms with Crippen LogP contribution in [0.3, 0.4) is 0 Å². The maximum atomic E-state index is 4.69. The third kappa shape index (κ3) is 6.50. The fourth-order valence-corrected chi connectivity index (χ4v) is 7.51. The Bertz CT molecular complexity index is 1720. The van der Waals surface area contributed by atoms with Gasteiger partial charge in [-0.3, -0.25) is 0 Å². The Morgan fingerprint density at radius 2 is 1.62 bits per heavy atom. The molecule has 3 aromatic carbocycles. The third-order valence-corrected chi connectivity index (χ3v) is 10.1. The van der Waals surface area contributed by atoms with Gasteiger partial charge in [-0.05, 0) is 52.0 Å². The van der Waals surface area contributed by atoms with Gasteiger partial charge in [-0.1, -0.05) is 80.8 Å². The summed E-state index contributed by atoms with van der Waals surface area (Å²) in [7, 11) is -1.48. The molecule has 0 bridgehead atoms. The fourth-order valence-electron chi connectivity index (χ4n) is 4.68. The molecule has 0 unspecified atom stereocenters. The number of nitrogens with zero attached hydrogens (tertiary/aromatic N) is 2. The second-order valence-corrected chi connectivity index (χ2v) is 17.3. The van der Waals surface area contributed by atoms with Gasteiger partial charge in [0.1, 0.15) is 0 Å². The van der Waals surface area contributed by atoms with Crippen molar-refractivity contribution in [1.29, 1.82) is 0 Å². The summed E-state index contributed by atoms with van der Waals surface area (Å²) in [5.41, 5.74) is 6.71. The first-order valence-electron chi connectivity index (χ1n) is 13.4. The van der Waals surface area contributed by atoms with Gasteiger partial charge in [0.05, 0.1) is 0 Å². The molecule has 0 aliphatic rings. The third-order valence-electron chi connectivity index (χ3n) is 6.86. The molecule has 6 aromatic rings. The summed E-state index contributed by atoms with van der Waals surface area (Å²) in [6.45, 7) is 13.7. The number of thiophene rings is 1. The Labute approximate surface area is 256 Å². The minimum atomic E-state index is -1.48. The molecule has 5 heteroatoms. The second kappa shape index (κ2) is 12.7. The topological polar surface area (TPSA) is 25.8 Å². The Morgan fingerprint density at radius 1 is 0.850 bits per heavy atom. The van der Waals surface area contributed by atoms with E-state index in [2.05, 4.69) is 99.1 Å². The van der Waals surface area contributed by atoms with E-state index in [-0.39, 0.29) is 20.1 Å². The van der Waals surface area contributed by atoms with Crippen molar-refractivity contribution >= 4 is 44.8 Å². The van der Waals surface area contributed by atoms with Gasteiger partial charge in [0.15, 0.2) is 0 Å². The first-order chi connectivity index (χ1) is 18.7. The van der Waals surface area contributed by atoms with Crippen LogP contribution in [0, 0.1) is 19.1 Å². The number of pyridine rings is 2. The number of hydrogen-bond acceptors (Lipinski definition) is 3. The number of rotatable bonds is 4. The van der Waals surface area contributed by atoms with E-state index >= 15 is 0 Å². The van der Waals surface area contributed by atoms with Gasteiger partial charge in [-0.15, -0.1) is 58.8 Å². The average molecular weight is 735 g/mol. The van der Waals surface area contributed by atoms with Gasteiger partial charge in [0.25, 0.3) is 0 Å². The van der Waals surface area contributed by atoms with Crippen LogP contribution >= 0.6 is 11.3 Å². The first-order valence-corrected chi connectivity index (χ1v) is 17.8. The molecule has 205 valence electrons. The first kappa shape index (κ1) is 30.0. The van der Waals surface area contributed by atoms with Gasteiger partial charge in [0, 0.05) is 45.3 Å². The van der Waals surface area contributed by atoms with Crippen molar-refractivity contribution in [2.45, 2.75) is 46.3 Å². The molecular weight excluding hydrogens is 701 g/mol. The van der Waals surface area contributed by atoms with Crippen LogP contribution in [0.1, 0.15) is 30.9 Å². The van der Waals surface area contributed by atoms with Gasteiger partial charge in [-0.25, -0.2) is 0 Å². The standard InChI is InChI=1S/C23H24NSSi.C12H10N.Ir/c1-15(2)16-12-13-24-19(14-16)17-10-11-21(26(3,4)5)22-18-8-6-7-9-20(18)25-23(17)22;1-10-7-8-12(13-9-10)11-5-3-2-4-6-11;/h6-9,11-15H,1-5H3;2-5,7-9H,1H3;/q2*-1;. The van der Waals surface area contributed by atoms with Crippen LogP contribution in [-0.4, -0.2) is 18.0 Å². The van der Waals surface area contributed by atoms with E-state index in [1.165, 1.54) is 36.5 Å². The van der Waals surface area contributed by atoms with E-state index in [9.17, 15) is 0 Å². The number of aromatic nitrogens is 2. The summed E-state index contributed by atoms with van der Waals surface area (Å²) in [5.74, 6) is 0.496. The van der Waals surface area contributed by atoms with Crippen LogP contribution in [0.5, 0.6) is 0 Å². The van der Waals surface area contributed by atoms with Crippen molar-refractivity contribution in [3.63, 3.8) is 0 Å². The van der Waals surface area contributed by atoms with Gasteiger partial charge < -0.3 is 9.97 Å². The normalized spacial score (nSPS) is 11.3. The smallest absolute Gasteiger partial charge is 0.0300 e. The molecule has 1 radical (unpaired) electrons. The quantitative estimate of drug-likeness (QED) is 0.133. The summed E-state index contributed by atoms with van der Waals surface area (Å²) in [5, 5.41) is 4.30. The van der Waals surface area contributed by atoms with Crippen LogP contribution in [0.25, 0.3) is 42.7 Å². The molecule has 3 heterocycles. The largest absolute Gasteiger partial charge is 0.305 e. The molecular formula is C35H34IrN2SSi-2. The molecule has 0 atom stereocenters. The Hall–Kier alpha value is -2.95. The number of fused-ring (bicyclic) bond motifs is 3. The van der Waals surface area contributed by atoms with E-state index in [1.54, 1.807) is 0 Å². The molecule has 0 saturated heterocycles. The molecule has 0 aliphatic heterocycles. The molecule has 3 aromatic heterocycles. The van der Waals surface area contributed by atoms with E-state index in [0.29, 0.717) is 5.92 Å². The molecule has 6 rings (SSSR count). The van der Waals surface area contributed by atoms with Crippen molar-refractivity contribution in [3.8, 4) is 22.5 Å². The second-order valence-electron chi connectivity index (χ2n) is 11.3. The number of benzene rings is 3. The molecule has 2 nitrogen and oxygen atoms in total. The number of hydrogen-bond donors (Lipinski definition) is 0. The van der Waals surface area contributed by atoms with Crippen LogP contribution in [-0.2, 0) is 20.1 Å². The Morgan fingerprint density at radius 3 is 2.30 bits per heavy atom. The van der Waals surface area contributed by atoms with Crippen LogP contribution in [0.2, 0.25) is 19.6 Å².